The lowest BCUT2D eigenvalue weighted by Crippen LogP contribution is -2.12. The van der Waals surface area contributed by atoms with Crippen molar-refractivity contribution in [2.24, 2.45) is 0 Å². The van der Waals surface area contributed by atoms with E-state index in [1.54, 1.807) is 0 Å². The third-order valence-corrected chi connectivity index (χ3v) is 6.65. The van der Waals surface area contributed by atoms with E-state index in [1.165, 1.54) is 135 Å². The Labute approximate surface area is 220 Å². The van der Waals surface area contributed by atoms with Gasteiger partial charge in [-0.1, -0.05) is 136 Å². The van der Waals surface area contributed by atoms with E-state index in [0.717, 1.165) is 13.2 Å². The van der Waals surface area contributed by atoms with E-state index in [1.807, 2.05) is 0 Å². The second-order valence-electron chi connectivity index (χ2n) is 10.2. The van der Waals surface area contributed by atoms with E-state index in [0.29, 0.717) is 39.6 Å². The lowest BCUT2D eigenvalue weighted by Gasteiger charge is -2.08. The van der Waals surface area contributed by atoms with Crippen molar-refractivity contribution in [3.8, 4) is 0 Å². The van der Waals surface area contributed by atoms with Crippen LogP contribution in [0, 0.1) is 0 Å². The van der Waals surface area contributed by atoms with Gasteiger partial charge >= 0.3 is 0 Å². The molecule has 4 nitrogen and oxygen atoms in total. The number of unbranched alkanes of at least 4 members (excludes halogenated alkanes) is 19. The molecule has 0 bridgehead atoms. The Morgan fingerprint density at radius 3 is 0.686 bits per heavy atom. The molecule has 0 aromatic carbocycles. The van der Waals surface area contributed by atoms with E-state index in [-0.39, 0.29) is 0 Å². The van der Waals surface area contributed by atoms with Gasteiger partial charge in [-0.25, -0.2) is 0 Å². The van der Waals surface area contributed by atoms with Crippen molar-refractivity contribution in [2.75, 3.05) is 52.9 Å². The molecule has 0 spiro atoms. The van der Waals surface area contributed by atoms with Crippen LogP contribution in [0.3, 0.4) is 0 Å². The van der Waals surface area contributed by atoms with Gasteiger partial charge in [-0.15, -0.1) is 0 Å². The highest BCUT2D eigenvalue weighted by Crippen LogP contribution is 2.12. The highest BCUT2D eigenvalue weighted by atomic mass is 16.6. The molecule has 35 heavy (non-hydrogen) atoms. The minimum Gasteiger partial charge on any atom is -0.379 e. The molecule has 0 N–H and O–H groups in total. The first-order valence-electron chi connectivity index (χ1n) is 15.7. The van der Waals surface area contributed by atoms with Crippen molar-refractivity contribution < 1.29 is 18.9 Å². The topological polar surface area (TPSA) is 36.9 Å². The normalized spacial score (nSPS) is 11.5. The van der Waals surface area contributed by atoms with Gasteiger partial charge in [0.2, 0.25) is 0 Å². The van der Waals surface area contributed by atoms with E-state index in [2.05, 4.69) is 13.8 Å². The van der Waals surface area contributed by atoms with Crippen LogP contribution in [0.5, 0.6) is 0 Å². The van der Waals surface area contributed by atoms with Gasteiger partial charge in [-0.05, 0) is 12.8 Å². The maximum atomic E-state index is 5.66. The van der Waals surface area contributed by atoms with Gasteiger partial charge in [0.05, 0.1) is 39.6 Å². The molecule has 0 aliphatic heterocycles. The first-order valence-corrected chi connectivity index (χ1v) is 15.7. The minimum absolute atomic E-state index is 0.639. The predicted molar refractivity (Wildman–Crippen MR) is 152 cm³/mol. The maximum Gasteiger partial charge on any atom is 0.0701 e. The van der Waals surface area contributed by atoms with Crippen molar-refractivity contribution in [1.29, 1.82) is 0 Å². The van der Waals surface area contributed by atoms with E-state index < -0.39 is 0 Å². The molecular formula is C31H64O4. The Morgan fingerprint density at radius 2 is 0.429 bits per heavy atom. The second kappa shape index (κ2) is 33.8. The summed E-state index contributed by atoms with van der Waals surface area (Å²) >= 11 is 0. The minimum atomic E-state index is 0.639. The fourth-order valence-electron chi connectivity index (χ4n) is 4.32. The zero-order chi connectivity index (χ0) is 25.3. The largest absolute Gasteiger partial charge is 0.379 e. The molecular weight excluding hydrogens is 436 g/mol. The van der Waals surface area contributed by atoms with Crippen molar-refractivity contribution in [3.05, 3.63) is 0 Å². The van der Waals surface area contributed by atoms with Crippen LogP contribution in [0.2, 0.25) is 0 Å². The van der Waals surface area contributed by atoms with Crippen molar-refractivity contribution >= 4 is 0 Å². The average molecular weight is 501 g/mol. The van der Waals surface area contributed by atoms with Gasteiger partial charge in [0.15, 0.2) is 0 Å². The Bertz CT molecular complexity index is 319. The molecule has 0 amide bonds. The summed E-state index contributed by atoms with van der Waals surface area (Å²) in [4.78, 5) is 0. The highest BCUT2D eigenvalue weighted by Gasteiger charge is 1.96. The molecule has 0 rings (SSSR count). The molecule has 0 fully saturated rings. The molecule has 0 radical (unpaired) electrons. The summed E-state index contributed by atoms with van der Waals surface area (Å²) in [7, 11) is 0. The van der Waals surface area contributed by atoms with E-state index in [9.17, 15) is 0 Å². The van der Waals surface area contributed by atoms with Crippen molar-refractivity contribution in [2.45, 2.75) is 149 Å². The lowest BCUT2D eigenvalue weighted by atomic mass is 10.1. The first kappa shape index (κ1) is 34.8. The predicted octanol–water partition coefficient (Wildman–Crippen LogP) is 9.28. The summed E-state index contributed by atoms with van der Waals surface area (Å²) < 4.78 is 22.5. The zero-order valence-electron chi connectivity index (χ0n) is 24.1. The summed E-state index contributed by atoms with van der Waals surface area (Å²) in [6.07, 6.45) is 28.8. The van der Waals surface area contributed by atoms with Crippen LogP contribution in [0.15, 0.2) is 0 Å². The number of ether oxygens (including phenoxy) is 4. The van der Waals surface area contributed by atoms with Crippen LogP contribution in [0.1, 0.15) is 149 Å². The molecule has 0 heterocycles. The standard InChI is InChI=1S/C31H64O4/c1-3-5-7-9-11-13-15-17-19-21-23-25-33-27-29-35-31-30-34-28-26-32-24-22-20-18-16-14-12-10-8-6-4-2/h3-31H2,1-2H3. The molecule has 0 aliphatic rings. The third-order valence-electron chi connectivity index (χ3n) is 6.65. The summed E-state index contributed by atoms with van der Waals surface area (Å²) in [6.45, 7) is 10.3. The number of rotatable bonds is 32. The van der Waals surface area contributed by atoms with Crippen LogP contribution in [-0.2, 0) is 18.9 Å². The van der Waals surface area contributed by atoms with E-state index >= 15 is 0 Å². The average Bonchev–Trinajstić information content (AvgIpc) is 2.87. The van der Waals surface area contributed by atoms with Gasteiger partial charge < -0.3 is 18.9 Å². The Morgan fingerprint density at radius 1 is 0.229 bits per heavy atom. The molecule has 0 aliphatic carbocycles. The van der Waals surface area contributed by atoms with Crippen LogP contribution < -0.4 is 0 Å². The first-order chi connectivity index (χ1) is 17.4. The number of hydrogen-bond donors (Lipinski definition) is 0. The molecule has 0 saturated carbocycles. The van der Waals surface area contributed by atoms with Gasteiger partial charge in [0.1, 0.15) is 0 Å². The maximum absolute atomic E-state index is 5.66. The fraction of sp³-hybridized carbons (Fsp3) is 1.00. The highest BCUT2D eigenvalue weighted by molar-refractivity contribution is 4.49. The molecule has 0 unspecified atom stereocenters. The Kier molecular flexibility index (Phi) is 33.7. The van der Waals surface area contributed by atoms with E-state index in [4.69, 9.17) is 18.9 Å². The van der Waals surface area contributed by atoms with Crippen LogP contribution in [-0.4, -0.2) is 52.9 Å². The van der Waals surface area contributed by atoms with Gasteiger partial charge in [0, 0.05) is 13.2 Å². The Hall–Kier alpha value is -0.160. The smallest absolute Gasteiger partial charge is 0.0701 e. The van der Waals surface area contributed by atoms with Crippen LogP contribution >= 0.6 is 0 Å². The molecule has 212 valence electrons. The van der Waals surface area contributed by atoms with Gasteiger partial charge in [-0.3, -0.25) is 0 Å². The van der Waals surface area contributed by atoms with Gasteiger partial charge in [-0.2, -0.15) is 0 Å². The zero-order valence-corrected chi connectivity index (χ0v) is 24.1. The van der Waals surface area contributed by atoms with Crippen LogP contribution in [0.4, 0.5) is 0 Å². The fourth-order valence-corrected chi connectivity index (χ4v) is 4.32. The molecule has 4 heteroatoms. The van der Waals surface area contributed by atoms with Crippen molar-refractivity contribution in [1.82, 2.24) is 0 Å². The van der Waals surface area contributed by atoms with Crippen molar-refractivity contribution in [3.63, 3.8) is 0 Å². The van der Waals surface area contributed by atoms with Crippen LogP contribution in [0.25, 0.3) is 0 Å². The second-order valence-corrected chi connectivity index (χ2v) is 10.2. The Balaban J connectivity index is 3.00. The third kappa shape index (κ3) is 33.8. The van der Waals surface area contributed by atoms with Gasteiger partial charge in [0.25, 0.3) is 0 Å². The summed E-state index contributed by atoms with van der Waals surface area (Å²) in [5.74, 6) is 0. The molecule has 0 aromatic rings. The SMILES string of the molecule is CCCCCCCCCCCCCOCCOCCOCCOCCCCCCCCCCCC. The summed E-state index contributed by atoms with van der Waals surface area (Å²) in [5.41, 5.74) is 0. The molecule has 0 aromatic heterocycles. The monoisotopic (exact) mass is 500 g/mol. The summed E-state index contributed by atoms with van der Waals surface area (Å²) in [5, 5.41) is 0. The number of hydrogen-bond acceptors (Lipinski definition) is 4. The molecule has 0 saturated heterocycles. The quantitative estimate of drug-likeness (QED) is 0.0862. The lowest BCUT2D eigenvalue weighted by molar-refractivity contribution is -0.00248. The molecule has 0 atom stereocenters. The summed E-state index contributed by atoms with van der Waals surface area (Å²) in [6, 6.07) is 0.